The fourth-order valence-corrected chi connectivity index (χ4v) is 4.81. The van der Waals surface area contributed by atoms with E-state index in [1.54, 1.807) is 13.8 Å². The van der Waals surface area contributed by atoms with Crippen LogP contribution in [0.1, 0.15) is 27.2 Å². The van der Waals surface area contributed by atoms with Crippen molar-refractivity contribution in [1.82, 2.24) is 9.97 Å². The summed E-state index contributed by atoms with van der Waals surface area (Å²) in [5.74, 6) is 0.214. The van der Waals surface area contributed by atoms with Crippen molar-refractivity contribution in [2.24, 2.45) is 0 Å². The number of aliphatic hydroxyl groups is 2. The number of nitrogens with zero attached hydrogens (tertiary/aromatic N) is 3. The first-order valence-corrected chi connectivity index (χ1v) is 11.3. The van der Waals surface area contributed by atoms with Crippen molar-refractivity contribution < 1.29 is 24.1 Å². The summed E-state index contributed by atoms with van der Waals surface area (Å²) in [6.07, 6.45) is 0.823. The molecule has 3 aliphatic heterocycles. The van der Waals surface area contributed by atoms with Gasteiger partial charge >= 0.3 is 0 Å². The first-order valence-electron chi connectivity index (χ1n) is 11.0. The van der Waals surface area contributed by atoms with Crippen LogP contribution in [0.2, 0.25) is 5.02 Å². The Morgan fingerprint density at radius 1 is 1.36 bits per heavy atom. The molecular formula is C22H27ClFN5O4. The molecule has 0 bridgehead atoms. The first kappa shape index (κ1) is 22.4. The molecule has 1 aromatic carbocycles. The van der Waals surface area contributed by atoms with E-state index in [2.05, 4.69) is 20.6 Å². The smallest absolute Gasteiger partial charge is 0.223 e. The molecule has 3 aliphatic rings. The predicted molar refractivity (Wildman–Crippen MR) is 122 cm³/mol. The predicted octanol–water partition coefficient (Wildman–Crippen LogP) is 2.61. The van der Waals surface area contributed by atoms with Crippen molar-refractivity contribution in [3.8, 4) is 17.0 Å². The maximum absolute atomic E-state index is 15.3. The van der Waals surface area contributed by atoms with Crippen molar-refractivity contribution in [1.29, 1.82) is 0 Å². The standard InChI is InChI=1S/C22H27ClFN5O4/c1-10-8-33-19-11(6-13(24)17-18(19)29(10)20(27-17)22(2,3)31)16-12(23)7-25-21(28-16)26-14-4-5-32-9-15(14)30/h6-7,10,14-15,20,27,30-31H,4-5,8-9H2,1-3H3,(H,25,26,28)/t10?,14-,15-,20-/m1/s1. The average molecular weight is 480 g/mol. The van der Waals surface area contributed by atoms with E-state index in [1.165, 1.54) is 12.3 Å². The van der Waals surface area contributed by atoms with E-state index in [1.807, 2.05) is 11.8 Å². The van der Waals surface area contributed by atoms with E-state index in [0.717, 1.165) is 0 Å². The topological polar surface area (TPSA) is 112 Å². The maximum Gasteiger partial charge on any atom is 0.223 e. The largest absolute Gasteiger partial charge is 0.488 e. The molecule has 178 valence electrons. The number of hydrogen-bond donors (Lipinski definition) is 4. The van der Waals surface area contributed by atoms with Crippen LogP contribution in [-0.4, -0.2) is 70.0 Å². The van der Waals surface area contributed by atoms with Gasteiger partial charge in [-0.25, -0.2) is 14.4 Å². The highest BCUT2D eigenvalue weighted by Gasteiger charge is 2.46. The number of ether oxygens (including phenoxy) is 2. The van der Waals surface area contributed by atoms with Crippen LogP contribution in [0.5, 0.6) is 5.75 Å². The molecule has 5 rings (SSSR count). The zero-order valence-corrected chi connectivity index (χ0v) is 19.4. The van der Waals surface area contributed by atoms with Crippen LogP contribution in [0.4, 0.5) is 21.7 Å². The summed E-state index contributed by atoms with van der Waals surface area (Å²) >= 11 is 6.45. The molecule has 0 saturated carbocycles. The van der Waals surface area contributed by atoms with Gasteiger partial charge in [-0.15, -0.1) is 0 Å². The zero-order valence-electron chi connectivity index (χ0n) is 18.6. The minimum absolute atomic E-state index is 0.0922. The van der Waals surface area contributed by atoms with Crippen molar-refractivity contribution in [3.63, 3.8) is 0 Å². The van der Waals surface area contributed by atoms with Crippen LogP contribution in [0, 0.1) is 5.82 Å². The summed E-state index contributed by atoms with van der Waals surface area (Å²) in [6, 6.07) is 0.973. The normalized spacial score (nSPS) is 26.5. The van der Waals surface area contributed by atoms with E-state index in [-0.39, 0.29) is 35.3 Å². The Bertz CT molecular complexity index is 1080. The number of aromatic nitrogens is 2. The molecule has 4 atom stereocenters. The average Bonchev–Trinajstić information content (AvgIpc) is 3.18. The molecule has 1 aromatic heterocycles. The second-order valence-electron chi connectivity index (χ2n) is 9.30. The van der Waals surface area contributed by atoms with Gasteiger partial charge in [-0.05, 0) is 33.3 Å². The fourth-order valence-electron chi connectivity index (χ4n) is 4.62. The number of nitrogens with one attached hydrogen (secondary N) is 2. The summed E-state index contributed by atoms with van der Waals surface area (Å²) in [6.45, 7) is 6.42. The van der Waals surface area contributed by atoms with E-state index < -0.39 is 23.7 Å². The number of aliphatic hydroxyl groups excluding tert-OH is 1. The highest BCUT2D eigenvalue weighted by Crippen LogP contribution is 2.53. The minimum atomic E-state index is -1.14. The Morgan fingerprint density at radius 2 is 2.15 bits per heavy atom. The van der Waals surface area contributed by atoms with Crippen LogP contribution < -0.4 is 20.3 Å². The molecule has 0 aliphatic carbocycles. The number of anilines is 3. The molecule has 2 aromatic rings. The van der Waals surface area contributed by atoms with Gasteiger partial charge in [0.2, 0.25) is 5.95 Å². The van der Waals surface area contributed by atoms with Crippen molar-refractivity contribution in [2.75, 3.05) is 35.4 Å². The third-order valence-corrected chi connectivity index (χ3v) is 6.55. The molecular weight excluding hydrogens is 453 g/mol. The number of halogens is 2. The number of hydrogen-bond acceptors (Lipinski definition) is 9. The monoisotopic (exact) mass is 479 g/mol. The van der Waals surface area contributed by atoms with Crippen LogP contribution in [0.15, 0.2) is 12.3 Å². The third kappa shape index (κ3) is 3.84. The Hall–Kier alpha value is -2.40. The van der Waals surface area contributed by atoms with E-state index in [9.17, 15) is 10.2 Å². The minimum Gasteiger partial charge on any atom is -0.488 e. The molecule has 0 amide bonds. The SMILES string of the molecule is CC1COc2c(-c3nc(N[C@@H]4CCOC[C@H]4O)ncc3Cl)cc(F)c3c2N1[C@H](C(C)(C)O)N3. The Balaban J connectivity index is 1.58. The lowest BCUT2D eigenvalue weighted by Crippen LogP contribution is -2.56. The fraction of sp³-hybridized carbons (Fsp3) is 0.545. The van der Waals surface area contributed by atoms with E-state index in [4.69, 9.17) is 21.1 Å². The summed E-state index contributed by atoms with van der Waals surface area (Å²) in [4.78, 5) is 10.7. The van der Waals surface area contributed by atoms with Crippen molar-refractivity contribution in [2.45, 2.75) is 57.1 Å². The Labute approximate surface area is 195 Å². The molecule has 33 heavy (non-hydrogen) atoms. The van der Waals surface area contributed by atoms with Gasteiger partial charge in [0.25, 0.3) is 0 Å². The number of benzene rings is 1. The van der Waals surface area contributed by atoms with Gasteiger partial charge in [0.05, 0.1) is 53.0 Å². The highest BCUT2D eigenvalue weighted by molar-refractivity contribution is 6.33. The summed E-state index contributed by atoms with van der Waals surface area (Å²) in [5.41, 5.74) is 0.391. The molecule has 11 heteroatoms. The van der Waals surface area contributed by atoms with Gasteiger partial charge in [-0.3, -0.25) is 0 Å². The second-order valence-corrected chi connectivity index (χ2v) is 9.71. The summed E-state index contributed by atoms with van der Waals surface area (Å²) in [7, 11) is 0. The molecule has 0 spiro atoms. The molecule has 1 fully saturated rings. The van der Waals surface area contributed by atoms with Gasteiger partial charge in [0.15, 0.2) is 5.75 Å². The van der Waals surface area contributed by atoms with Gasteiger partial charge in [-0.1, -0.05) is 11.6 Å². The highest BCUT2D eigenvalue weighted by atomic mass is 35.5. The second kappa shape index (κ2) is 8.12. The Morgan fingerprint density at radius 3 is 2.88 bits per heavy atom. The lowest BCUT2D eigenvalue weighted by Gasteiger charge is -2.41. The van der Waals surface area contributed by atoms with E-state index >= 15 is 4.39 Å². The van der Waals surface area contributed by atoms with E-state index in [0.29, 0.717) is 42.3 Å². The lowest BCUT2D eigenvalue weighted by atomic mass is 10.0. The summed E-state index contributed by atoms with van der Waals surface area (Å²) in [5, 5.41) is 27.4. The quantitative estimate of drug-likeness (QED) is 0.525. The molecule has 4 N–H and O–H groups in total. The molecule has 4 heterocycles. The van der Waals surface area contributed by atoms with Crippen LogP contribution in [0.25, 0.3) is 11.3 Å². The zero-order chi connectivity index (χ0) is 23.5. The number of rotatable bonds is 4. The van der Waals surface area contributed by atoms with Crippen molar-refractivity contribution >= 4 is 28.9 Å². The van der Waals surface area contributed by atoms with Crippen LogP contribution in [0.3, 0.4) is 0 Å². The van der Waals surface area contributed by atoms with Gasteiger partial charge < -0.3 is 35.2 Å². The molecule has 0 radical (unpaired) electrons. The van der Waals surface area contributed by atoms with Crippen LogP contribution in [-0.2, 0) is 4.74 Å². The molecule has 9 nitrogen and oxygen atoms in total. The lowest BCUT2D eigenvalue weighted by molar-refractivity contribution is -0.0136. The van der Waals surface area contributed by atoms with Crippen molar-refractivity contribution in [3.05, 3.63) is 23.1 Å². The first-order chi connectivity index (χ1) is 15.6. The van der Waals surface area contributed by atoms with Gasteiger partial charge in [0, 0.05) is 12.2 Å². The van der Waals surface area contributed by atoms with Crippen LogP contribution >= 0.6 is 11.6 Å². The molecule has 1 saturated heterocycles. The molecule has 1 unspecified atom stereocenters. The maximum atomic E-state index is 15.3. The van der Waals surface area contributed by atoms with Gasteiger partial charge in [0.1, 0.15) is 24.3 Å². The Kier molecular flexibility index (Phi) is 5.51. The summed E-state index contributed by atoms with van der Waals surface area (Å²) < 4.78 is 26.7. The van der Waals surface area contributed by atoms with Gasteiger partial charge in [-0.2, -0.15) is 0 Å². The third-order valence-electron chi connectivity index (χ3n) is 6.28.